The summed E-state index contributed by atoms with van der Waals surface area (Å²) in [5.74, 6) is 1.48. The molecule has 0 aliphatic carbocycles. The number of likely N-dealkylation sites (N-methyl/N-ethyl adjacent to an activating group) is 1. The Hall–Kier alpha value is -1.36. The number of aryl methyl sites for hydroxylation is 1. The molecule has 0 saturated carbocycles. The fourth-order valence-corrected chi connectivity index (χ4v) is 1.36. The first-order chi connectivity index (χ1) is 7.60. The Bertz CT molecular complexity index is 343. The maximum atomic E-state index is 9.13. The molecule has 0 radical (unpaired) electrons. The highest BCUT2D eigenvalue weighted by atomic mass is 16.3. The molecule has 2 N–H and O–H groups in total. The van der Waals surface area contributed by atoms with Crippen LogP contribution in [0, 0.1) is 6.92 Å². The van der Waals surface area contributed by atoms with E-state index in [9.17, 15) is 0 Å². The molecule has 1 rings (SSSR count). The van der Waals surface area contributed by atoms with E-state index in [4.69, 9.17) is 5.11 Å². The van der Waals surface area contributed by atoms with E-state index in [0.29, 0.717) is 5.95 Å². The molecule has 0 aromatic carbocycles. The van der Waals surface area contributed by atoms with Crippen LogP contribution in [0.5, 0.6) is 0 Å². The smallest absolute Gasteiger partial charge is 0.224 e. The number of aromatic nitrogens is 2. The zero-order valence-electron chi connectivity index (χ0n) is 10.4. The minimum atomic E-state index is 0.0445. The van der Waals surface area contributed by atoms with Gasteiger partial charge in [0, 0.05) is 25.4 Å². The van der Waals surface area contributed by atoms with Crippen molar-refractivity contribution in [2.45, 2.75) is 26.8 Å². The summed E-state index contributed by atoms with van der Waals surface area (Å²) in [4.78, 5) is 10.6. The molecule has 1 unspecified atom stereocenters. The van der Waals surface area contributed by atoms with Crippen LogP contribution < -0.4 is 10.2 Å². The third-order valence-corrected chi connectivity index (χ3v) is 2.54. The third kappa shape index (κ3) is 2.82. The van der Waals surface area contributed by atoms with Gasteiger partial charge in [-0.05, 0) is 20.8 Å². The standard InChI is InChI=1S/C11H20N4O/c1-5-12-11-13-6-8(2)10(14-11)15(4)9(3)7-16/h6,9,16H,5,7H2,1-4H3,(H,12,13,14). The lowest BCUT2D eigenvalue weighted by atomic mass is 10.2. The predicted octanol–water partition coefficient (Wildman–Crippen LogP) is 1.03. The van der Waals surface area contributed by atoms with Crippen molar-refractivity contribution in [3.63, 3.8) is 0 Å². The van der Waals surface area contributed by atoms with Crippen LogP contribution in [-0.4, -0.2) is 41.3 Å². The zero-order valence-corrected chi connectivity index (χ0v) is 10.4. The Balaban J connectivity index is 2.96. The first-order valence-electron chi connectivity index (χ1n) is 5.51. The quantitative estimate of drug-likeness (QED) is 0.782. The highest BCUT2D eigenvalue weighted by Crippen LogP contribution is 2.18. The molecule has 16 heavy (non-hydrogen) atoms. The van der Waals surface area contributed by atoms with Crippen molar-refractivity contribution in [1.29, 1.82) is 0 Å². The van der Waals surface area contributed by atoms with E-state index in [1.165, 1.54) is 0 Å². The van der Waals surface area contributed by atoms with Gasteiger partial charge >= 0.3 is 0 Å². The Morgan fingerprint density at radius 1 is 1.56 bits per heavy atom. The van der Waals surface area contributed by atoms with E-state index in [2.05, 4.69) is 15.3 Å². The monoisotopic (exact) mass is 224 g/mol. The number of hydrogen-bond acceptors (Lipinski definition) is 5. The summed E-state index contributed by atoms with van der Waals surface area (Å²) in [7, 11) is 1.92. The van der Waals surface area contributed by atoms with Crippen LogP contribution in [-0.2, 0) is 0 Å². The topological polar surface area (TPSA) is 61.3 Å². The highest BCUT2D eigenvalue weighted by Gasteiger charge is 2.13. The maximum Gasteiger partial charge on any atom is 0.224 e. The van der Waals surface area contributed by atoms with Gasteiger partial charge in [0.05, 0.1) is 12.6 Å². The first-order valence-corrected chi connectivity index (χ1v) is 5.51. The SMILES string of the molecule is CCNc1ncc(C)c(N(C)C(C)CO)n1. The zero-order chi connectivity index (χ0) is 12.1. The largest absolute Gasteiger partial charge is 0.394 e. The van der Waals surface area contributed by atoms with Gasteiger partial charge in [-0.25, -0.2) is 4.98 Å². The summed E-state index contributed by atoms with van der Waals surface area (Å²) in [5, 5.41) is 12.2. The average Bonchev–Trinajstić information content (AvgIpc) is 2.30. The molecule has 0 amide bonds. The number of hydrogen-bond donors (Lipinski definition) is 2. The number of aliphatic hydroxyl groups is 1. The van der Waals surface area contributed by atoms with E-state index in [1.54, 1.807) is 6.20 Å². The Morgan fingerprint density at radius 2 is 2.25 bits per heavy atom. The summed E-state index contributed by atoms with van der Waals surface area (Å²) in [5.41, 5.74) is 1.00. The molecular formula is C11H20N4O. The van der Waals surface area contributed by atoms with Crippen molar-refractivity contribution in [2.75, 3.05) is 30.4 Å². The summed E-state index contributed by atoms with van der Waals surface area (Å²) < 4.78 is 0. The predicted molar refractivity (Wildman–Crippen MR) is 65.9 cm³/mol. The molecule has 0 fully saturated rings. The van der Waals surface area contributed by atoms with Gasteiger partial charge in [-0.15, -0.1) is 0 Å². The van der Waals surface area contributed by atoms with Gasteiger partial charge in [-0.3, -0.25) is 0 Å². The minimum absolute atomic E-state index is 0.0445. The second kappa shape index (κ2) is 5.65. The fourth-order valence-electron chi connectivity index (χ4n) is 1.36. The average molecular weight is 224 g/mol. The molecule has 5 heteroatoms. The molecule has 0 spiro atoms. The van der Waals surface area contributed by atoms with Crippen molar-refractivity contribution in [1.82, 2.24) is 9.97 Å². The normalized spacial score (nSPS) is 12.3. The van der Waals surface area contributed by atoms with Crippen molar-refractivity contribution in [3.05, 3.63) is 11.8 Å². The molecule has 0 saturated heterocycles. The molecule has 1 aromatic heterocycles. The molecule has 0 bridgehead atoms. The van der Waals surface area contributed by atoms with Gasteiger partial charge in [0.15, 0.2) is 0 Å². The van der Waals surface area contributed by atoms with Crippen LogP contribution in [0.1, 0.15) is 19.4 Å². The van der Waals surface area contributed by atoms with Crippen LogP contribution in [0.25, 0.3) is 0 Å². The van der Waals surface area contributed by atoms with Gasteiger partial charge in [0.25, 0.3) is 0 Å². The maximum absolute atomic E-state index is 9.13. The number of anilines is 2. The summed E-state index contributed by atoms with van der Waals surface area (Å²) in [6.07, 6.45) is 1.79. The van der Waals surface area contributed by atoms with E-state index < -0.39 is 0 Å². The second-order valence-electron chi connectivity index (χ2n) is 3.87. The molecule has 5 nitrogen and oxygen atoms in total. The van der Waals surface area contributed by atoms with Crippen molar-refractivity contribution in [2.24, 2.45) is 0 Å². The highest BCUT2D eigenvalue weighted by molar-refractivity contribution is 5.49. The third-order valence-electron chi connectivity index (χ3n) is 2.54. The first kappa shape index (κ1) is 12.7. The molecule has 0 aliphatic rings. The second-order valence-corrected chi connectivity index (χ2v) is 3.87. The van der Waals surface area contributed by atoms with Crippen LogP contribution in [0.3, 0.4) is 0 Å². The van der Waals surface area contributed by atoms with Crippen LogP contribution in [0.15, 0.2) is 6.20 Å². The van der Waals surface area contributed by atoms with Gasteiger partial charge < -0.3 is 15.3 Å². The van der Waals surface area contributed by atoms with Crippen molar-refractivity contribution >= 4 is 11.8 Å². The van der Waals surface area contributed by atoms with E-state index in [1.807, 2.05) is 32.7 Å². The molecule has 1 heterocycles. The number of nitrogens with zero attached hydrogens (tertiary/aromatic N) is 3. The van der Waals surface area contributed by atoms with Gasteiger partial charge in [-0.1, -0.05) is 0 Å². The van der Waals surface area contributed by atoms with Gasteiger partial charge in [0.1, 0.15) is 5.82 Å². The van der Waals surface area contributed by atoms with E-state index >= 15 is 0 Å². The Morgan fingerprint density at radius 3 is 2.81 bits per heavy atom. The Labute approximate surface area is 96.5 Å². The summed E-state index contributed by atoms with van der Waals surface area (Å²) >= 11 is 0. The summed E-state index contributed by atoms with van der Waals surface area (Å²) in [6, 6.07) is 0.0445. The lowest BCUT2D eigenvalue weighted by molar-refractivity contribution is 0.269. The number of rotatable bonds is 5. The minimum Gasteiger partial charge on any atom is -0.394 e. The molecule has 1 aromatic rings. The summed E-state index contributed by atoms with van der Waals surface area (Å²) in [6.45, 7) is 6.82. The lowest BCUT2D eigenvalue weighted by Crippen LogP contribution is -2.33. The number of aliphatic hydroxyl groups excluding tert-OH is 1. The van der Waals surface area contributed by atoms with Gasteiger partial charge in [0.2, 0.25) is 5.95 Å². The van der Waals surface area contributed by atoms with E-state index in [0.717, 1.165) is 17.9 Å². The lowest BCUT2D eigenvalue weighted by Gasteiger charge is -2.25. The van der Waals surface area contributed by atoms with Crippen LogP contribution >= 0.6 is 0 Å². The number of nitrogens with one attached hydrogen (secondary N) is 1. The van der Waals surface area contributed by atoms with Gasteiger partial charge in [-0.2, -0.15) is 4.98 Å². The molecule has 1 atom stereocenters. The van der Waals surface area contributed by atoms with Crippen molar-refractivity contribution in [3.8, 4) is 0 Å². The fraction of sp³-hybridized carbons (Fsp3) is 0.636. The van der Waals surface area contributed by atoms with E-state index in [-0.39, 0.29) is 12.6 Å². The molecule has 90 valence electrons. The van der Waals surface area contributed by atoms with Crippen LogP contribution in [0.2, 0.25) is 0 Å². The van der Waals surface area contributed by atoms with Crippen LogP contribution in [0.4, 0.5) is 11.8 Å². The van der Waals surface area contributed by atoms with Crippen molar-refractivity contribution < 1.29 is 5.11 Å². The molecular weight excluding hydrogens is 204 g/mol. The Kier molecular flexibility index (Phi) is 4.49. The molecule has 0 aliphatic heterocycles.